The van der Waals surface area contributed by atoms with E-state index in [4.69, 9.17) is 59.8 Å². The molecular weight excluding hydrogens is 1460 g/mol. The lowest BCUT2D eigenvalue weighted by Crippen LogP contribution is -2.10. The molecule has 117 heavy (non-hydrogen) atoms. The van der Waals surface area contributed by atoms with Crippen LogP contribution >= 0.6 is 0 Å². The summed E-state index contributed by atoms with van der Waals surface area (Å²) in [4.78, 5) is 61.3. The highest BCUT2D eigenvalue weighted by molar-refractivity contribution is 6.13. The number of nitriles is 1. The molecular formula is C99H60F3N15. The number of hydrogen-bond acceptors (Lipinski definition) is 13. The number of nitrogens with zero attached hydrogens (tertiary/aromatic N) is 15. The second-order valence-corrected chi connectivity index (χ2v) is 28.3. The van der Waals surface area contributed by atoms with Crippen LogP contribution in [0.4, 0.5) is 13.2 Å². The van der Waals surface area contributed by atoms with E-state index < -0.39 is 11.7 Å². The fraction of sp³-hybridized carbons (Fsp3) is 0.0202. The van der Waals surface area contributed by atoms with Gasteiger partial charge in [0.05, 0.1) is 39.3 Å². The lowest BCUT2D eigenvalue weighted by molar-refractivity contribution is -0.137. The maximum Gasteiger partial charge on any atom is 0.417 e. The van der Waals surface area contributed by atoms with E-state index in [2.05, 4.69) is 47.9 Å². The summed E-state index contributed by atoms with van der Waals surface area (Å²) in [7, 11) is 0. The summed E-state index contributed by atoms with van der Waals surface area (Å²) in [5.41, 5.74) is 13.5. The van der Waals surface area contributed by atoms with Crippen LogP contribution in [0.5, 0.6) is 0 Å². The van der Waals surface area contributed by atoms with Crippen molar-refractivity contribution in [2.24, 2.45) is 0 Å². The molecule has 0 saturated carbocycles. The van der Waals surface area contributed by atoms with Crippen LogP contribution in [0.25, 0.3) is 203 Å². The van der Waals surface area contributed by atoms with E-state index in [-0.39, 0.29) is 23.0 Å². The van der Waals surface area contributed by atoms with Gasteiger partial charge in [-0.15, -0.1) is 0 Å². The molecule has 14 aromatic carbocycles. The van der Waals surface area contributed by atoms with E-state index in [1.54, 1.807) is 12.1 Å². The van der Waals surface area contributed by atoms with Crippen molar-refractivity contribution in [1.29, 1.82) is 5.26 Å². The molecule has 18 heteroatoms. The minimum absolute atomic E-state index is 0.0843. The van der Waals surface area contributed by atoms with Gasteiger partial charge in [-0.1, -0.05) is 242 Å². The maximum atomic E-state index is 16.5. The van der Waals surface area contributed by atoms with E-state index in [1.807, 2.05) is 290 Å². The summed E-state index contributed by atoms with van der Waals surface area (Å²) in [5.74, 6) is 4.20. The predicted molar refractivity (Wildman–Crippen MR) is 454 cm³/mol. The van der Waals surface area contributed by atoms with Crippen molar-refractivity contribution in [3.63, 3.8) is 0 Å². The van der Waals surface area contributed by atoms with Gasteiger partial charge < -0.3 is 9.13 Å². The van der Waals surface area contributed by atoms with E-state index in [9.17, 15) is 5.26 Å². The largest absolute Gasteiger partial charge is 0.417 e. The molecule has 0 amide bonds. The number of halogens is 3. The maximum absolute atomic E-state index is 16.5. The van der Waals surface area contributed by atoms with Crippen LogP contribution in [0.3, 0.4) is 0 Å². The molecule has 0 aliphatic heterocycles. The first kappa shape index (κ1) is 70.1. The summed E-state index contributed by atoms with van der Waals surface area (Å²) < 4.78 is 53.7. The minimum atomic E-state index is -4.93. The van der Waals surface area contributed by atoms with Gasteiger partial charge in [-0.2, -0.15) is 18.4 Å². The molecule has 552 valence electrons. The van der Waals surface area contributed by atoms with Crippen LogP contribution in [-0.4, -0.2) is 68.9 Å². The summed E-state index contributed by atoms with van der Waals surface area (Å²) in [6, 6.07) is 112. The van der Waals surface area contributed by atoms with Crippen LogP contribution in [0.2, 0.25) is 0 Å². The number of alkyl halides is 3. The molecule has 20 rings (SSSR count). The molecule has 0 N–H and O–H groups in total. The normalized spacial score (nSPS) is 11.6. The third-order valence-corrected chi connectivity index (χ3v) is 20.9. The van der Waals surface area contributed by atoms with Crippen molar-refractivity contribution in [2.45, 2.75) is 13.1 Å². The Balaban J connectivity index is 0.788. The van der Waals surface area contributed by atoms with Gasteiger partial charge in [-0.3, -0.25) is 0 Å². The highest BCUT2D eigenvalue weighted by Crippen LogP contribution is 2.45. The van der Waals surface area contributed by atoms with Crippen LogP contribution in [-0.2, 0) is 6.18 Å². The fourth-order valence-corrected chi connectivity index (χ4v) is 15.2. The SMILES string of the molecule is Cc1ccc2c(c1)c1cc(-c3nc(-c4ccccc4)nc(-c4ccccc4)n3)ccc1n2-c1ccc(-c2ccc(C#N)cc2)c(-c2nc(-c3ccccc3)nc(-c3cc(-n4c5ccc(-c6nc(-c7ccccc7)nc(-c7ccccc7)n6)cc5c5cc(-c6nc(-c7ccccc7)nc(-c7ccccc7)n6)ccc54)ccc3C(F)(F)F)n2)c1. The van der Waals surface area contributed by atoms with Crippen LogP contribution in [0.1, 0.15) is 16.7 Å². The topological polar surface area (TPSA) is 188 Å². The Morgan fingerprint density at radius 1 is 0.239 bits per heavy atom. The second-order valence-electron chi connectivity index (χ2n) is 28.3. The quantitative estimate of drug-likeness (QED) is 0.0944. The Hall–Kier alpha value is -16.0. The van der Waals surface area contributed by atoms with Gasteiger partial charge in [-0.25, -0.2) is 59.8 Å². The zero-order valence-electron chi connectivity index (χ0n) is 62.3. The zero-order chi connectivity index (χ0) is 78.7. The van der Waals surface area contributed by atoms with E-state index in [1.165, 1.54) is 12.1 Å². The molecule has 6 heterocycles. The average molecular weight is 1520 g/mol. The van der Waals surface area contributed by atoms with E-state index in [0.29, 0.717) is 114 Å². The Morgan fingerprint density at radius 2 is 0.504 bits per heavy atom. The summed E-state index contributed by atoms with van der Waals surface area (Å²) >= 11 is 0. The summed E-state index contributed by atoms with van der Waals surface area (Å²) in [6.07, 6.45) is -4.93. The van der Waals surface area contributed by atoms with Gasteiger partial charge in [0.1, 0.15) is 0 Å². The number of fused-ring (bicyclic) bond motifs is 6. The average Bonchev–Trinajstić information content (AvgIpc) is 1.57. The summed E-state index contributed by atoms with van der Waals surface area (Å²) in [6.45, 7) is 2.06. The Morgan fingerprint density at radius 3 is 0.829 bits per heavy atom. The van der Waals surface area contributed by atoms with E-state index >= 15 is 13.2 Å². The van der Waals surface area contributed by atoms with Crippen LogP contribution < -0.4 is 0 Å². The molecule has 20 aromatic rings. The Kier molecular flexibility index (Phi) is 17.5. The lowest BCUT2D eigenvalue weighted by atomic mass is 9.97. The van der Waals surface area contributed by atoms with Gasteiger partial charge in [0.2, 0.25) is 0 Å². The first-order valence-electron chi connectivity index (χ1n) is 37.9. The first-order chi connectivity index (χ1) is 57.4. The van der Waals surface area contributed by atoms with Gasteiger partial charge in [0, 0.05) is 99.7 Å². The molecule has 15 nitrogen and oxygen atoms in total. The molecule has 0 radical (unpaired) electrons. The Labute approximate surface area is 667 Å². The Bertz CT molecular complexity index is 6930. The van der Waals surface area contributed by atoms with E-state index in [0.717, 1.165) is 83.2 Å². The monoisotopic (exact) mass is 1520 g/mol. The second kappa shape index (κ2) is 29.3. The highest BCUT2D eigenvalue weighted by atomic mass is 19.4. The molecule has 0 atom stereocenters. The number of rotatable bonds is 15. The third kappa shape index (κ3) is 13.4. The zero-order valence-corrected chi connectivity index (χ0v) is 62.3. The number of aryl methyl sites for hydroxylation is 1. The van der Waals surface area contributed by atoms with Crippen molar-refractivity contribution < 1.29 is 13.2 Å². The molecule has 0 bridgehead atoms. The predicted octanol–water partition coefficient (Wildman–Crippen LogP) is 23.5. The van der Waals surface area contributed by atoms with Gasteiger partial charge in [-0.05, 0) is 127 Å². The minimum Gasteiger partial charge on any atom is -0.309 e. The van der Waals surface area contributed by atoms with Gasteiger partial charge in [0.15, 0.2) is 69.9 Å². The van der Waals surface area contributed by atoms with Crippen molar-refractivity contribution in [2.75, 3.05) is 0 Å². The van der Waals surface area contributed by atoms with Crippen LogP contribution in [0.15, 0.2) is 346 Å². The molecule has 0 fully saturated rings. The van der Waals surface area contributed by atoms with Crippen molar-refractivity contribution in [1.82, 2.24) is 68.9 Å². The highest BCUT2D eigenvalue weighted by Gasteiger charge is 2.36. The summed E-state index contributed by atoms with van der Waals surface area (Å²) in [5, 5.41) is 13.4. The molecule has 0 spiro atoms. The smallest absolute Gasteiger partial charge is 0.309 e. The fourth-order valence-electron chi connectivity index (χ4n) is 15.2. The molecule has 0 aliphatic carbocycles. The molecule has 6 aromatic heterocycles. The third-order valence-electron chi connectivity index (χ3n) is 20.9. The van der Waals surface area contributed by atoms with Crippen molar-refractivity contribution in [3.8, 4) is 165 Å². The lowest BCUT2D eigenvalue weighted by Gasteiger charge is -2.18. The number of aromatic nitrogens is 14. The van der Waals surface area contributed by atoms with Gasteiger partial charge in [0.25, 0.3) is 0 Å². The molecule has 0 aliphatic rings. The number of hydrogen-bond donors (Lipinski definition) is 0. The van der Waals surface area contributed by atoms with Crippen LogP contribution in [0, 0.1) is 18.3 Å². The standard InChI is InChI=1S/C99H60F3N15/c1-60-37-49-83-76(53-60)77-54-70(94-107-87(63-23-9-2-10-24-63)104-88(108-94)64-25-11-3-12-26-64)42-50-84(77)116(83)73-45-47-75(62-40-38-61(59-103)39-41-62)80(57-73)97-113-93(69-35-21-8-22-36-69)114-98(115-97)81-58-74(46-48-82(81)99(100,101)102)117-85-51-43-71(95-109-89(65-27-13-4-14-28-65)105-90(110-95)66-29-15-5-16-30-66)55-78(85)79-56-72(44-52-86(79)117)96-111-91(67-31-17-6-18-32-67)106-92(112-96)68-33-19-7-20-34-68/h2-58H,1H3. The van der Waals surface area contributed by atoms with Crippen molar-refractivity contribution in [3.05, 3.63) is 362 Å². The molecule has 0 saturated heterocycles. The first-order valence-corrected chi connectivity index (χ1v) is 37.9. The number of benzene rings is 14. The van der Waals surface area contributed by atoms with Gasteiger partial charge >= 0.3 is 6.18 Å². The molecule has 0 unspecified atom stereocenters. The van der Waals surface area contributed by atoms with Crippen molar-refractivity contribution >= 4 is 43.6 Å².